The van der Waals surface area contributed by atoms with Crippen LogP contribution in [-0.2, 0) is 17.6 Å². The quantitative estimate of drug-likeness (QED) is 0.649. The third-order valence-corrected chi connectivity index (χ3v) is 2.86. The number of rotatable bonds is 2. The predicted octanol–water partition coefficient (Wildman–Crippen LogP) is 2.55. The van der Waals surface area contributed by atoms with Crippen molar-refractivity contribution in [3.63, 3.8) is 0 Å². The molecule has 1 nitrogen and oxygen atoms in total. The lowest BCUT2D eigenvalue weighted by Crippen LogP contribution is -2.24. The van der Waals surface area contributed by atoms with Gasteiger partial charge in [0.05, 0.1) is 0 Å². The van der Waals surface area contributed by atoms with Crippen molar-refractivity contribution in [1.29, 1.82) is 0 Å². The monoisotopic (exact) mass is 186 g/mol. The van der Waals surface area contributed by atoms with Crippen molar-refractivity contribution in [3.8, 4) is 0 Å². The Morgan fingerprint density at radius 2 is 2.07 bits per heavy atom. The second kappa shape index (κ2) is 3.79. The molecule has 1 aromatic carbocycles. The normalized spacial score (nSPS) is 20.3. The van der Waals surface area contributed by atoms with E-state index in [-0.39, 0.29) is 5.92 Å². The van der Waals surface area contributed by atoms with Gasteiger partial charge in [0.1, 0.15) is 5.78 Å². The molecule has 1 unspecified atom stereocenters. The fraction of sp³-hybridized carbons (Fsp3) is 0.308. The van der Waals surface area contributed by atoms with E-state index in [0.29, 0.717) is 12.2 Å². The number of carbonyl (C=O) groups excluding carboxylic acids is 1. The summed E-state index contributed by atoms with van der Waals surface area (Å²) in [7, 11) is 0. The molecule has 1 aromatic rings. The molecule has 0 saturated carbocycles. The van der Waals surface area contributed by atoms with Crippen LogP contribution in [-0.4, -0.2) is 5.78 Å². The van der Waals surface area contributed by atoms with E-state index in [2.05, 4.69) is 18.7 Å². The Morgan fingerprint density at radius 3 is 2.79 bits per heavy atom. The van der Waals surface area contributed by atoms with Crippen LogP contribution >= 0.6 is 0 Å². The first kappa shape index (κ1) is 9.20. The zero-order valence-corrected chi connectivity index (χ0v) is 8.20. The molecule has 1 heteroatoms. The third kappa shape index (κ3) is 1.63. The standard InChI is InChI=1S/C13H14O/c1-2-5-12-8-10-6-3-4-7-11(10)9-13(12)14/h2-4,6-7,12H,1,5,8-9H2. The van der Waals surface area contributed by atoms with Gasteiger partial charge in [-0.05, 0) is 24.0 Å². The molecule has 0 aliphatic heterocycles. The molecule has 0 N–H and O–H groups in total. The highest BCUT2D eigenvalue weighted by Crippen LogP contribution is 2.24. The number of ketones is 1. The van der Waals surface area contributed by atoms with Crippen molar-refractivity contribution >= 4 is 5.78 Å². The van der Waals surface area contributed by atoms with Crippen molar-refractivity contribution in [2.75, 3.05) is 0 Å². The topological polar surface area (TPSA) is 17.1 Å². The van der Waals surface area contributed by atoms with Crippen LogP contribution in [0.15, 0.2) is 36.9 Å². The fourth-order valence-electron chi connectivity index (χ4n) is 2.06. The molecule has 0 spiro atoms. The summed E-state index contributed by atoms with van der Waals surface area (Å²) in [4.78, 5) is 11.7. The molecule has 1 aliphatic rings. The Labute approximate surface area is 84.5 Å². The van der Waals surface area contributed by atoms with Gasteiger partial charge in [-0.25, -0.2) is 0 Å². The van der Waals surface area contributed by atoms with Crippen LogP contribution in [0, 0.1) is 5.92 Å². The smallest absolute Gasteiger partial charge is 0.140 e. The first-order chi connectivity index (χ1) is 6.81. The van der Waals surface area contributed by atoms with E-state index < -0.39 is 0 Å². The summed E-state index contributed by atoms with van der Waals surface area (Å²) in [6.07, 6.45) is 4.15. The average molecular weight is 186 g/mol. The van der Waals surface area contributed by atoms with Crippen LogP contribution in [0.25, 0.3) is 0 Å². The zero-order chi connectivity index (χ0) is 9.97. The second-order valence-electron chi connectivity index (χ2n) is 3.84. The van der Waals surface area contributed by atoms with E-state index in [1.54, 1.807) is 0 Å². The minimum Gasteiger partial charge on any atom is -0.299 e. The van der Waals surface area contributed by atoms with Crippen LogP contribution in [0.2, 0.25) is 0 Å². The zero-order valence-electron chi connectivity index (χ0n) is 8.20. The predicted molar refractivity (Wildman–Crippen MR) is 57.2 cm³/mol. The van der Waals surface area contributed by atoms with Gasteiger partial charge < -0.3 is 0 Å². The minimum atomic E-state index is 0.169. The molecule has 0 radical (unpaired) electrons. The Hall–Kier alpha value is -1.37. The van der Waals surface area contributed by atoms with Crippen molar-refractivity contribution in [2.24, 2.45) is 5.92 Å². The van der Waals surface area contributed by atoms with E-state index in [9.17, 15) is 4.79 Å². The Morgan fingerprint density at radius 1 is 1.36 bits per heavy atom. The number of carbonyl (C=O) groups is 1. The van der Waals surface area contributed by atoms with Crippen LogP contribution < -0.4 is 0 Å². The van der Waals surface area contributed by atoms with Crippen LogP contribution in [0.3, 0.4) is 0 Å². The lowest BCUT2D eigenvalue weighted by Gasteiger charge is -2.22. The molecule has 0 bridgehead atoms. The van der Waals surface area contributed by atoms with Gasteiger partial charge in [0.15, 0.2) is 0 Å². The summed E-state index contributed by atoms with van der Waals surface area (Å²) in [5, 5.41) is 0. The number of allylic oxidation sites excluding steroid dienone is 1. The van der Waals surface area contributed by atoms with Crippen LogP contribution in [0.4, 0.5) is 0 Å². The summed E-state index contributed by atoms with van der Waals surface area (Å²) < 4.78 is 0. The van der Waals surface area contributed by atoms with E-state index in [0.717, 1.165) is 12.8 Å². The van der Waals surface area contributed by atoms with Gasteiger partial charge in [-0.1, -0.05) is 30.3 Å². The van der Waals surface area contributed by atoms with Gasteiger partial charge in [0.2, 0.25) is 0 Å². The molecule has 72 valence electrons. The molecule has 1 atom stereocenters. The molecule has 1 aliphatic carbocycles. The summed E-state index contributed by atoms with van der Waals surface area (Å²) in [6, 6.07) is 8.22. The first-order valence-corrected chi connectivity index (χ1v) is 5.01. The molecular formula is C13H14O. The second-order valence-corrected chi connectivity index (χ2v) is 3.84. The van der Waals surface area contributed by atoms with Crippen LogP contribution in [0.5, 0.6) is 0 Å². The lowest BCUT2D eigenvalue weighted by atomic mass is 9.81. The fourth-order valence-corrected chi connectivity index (χ4v) is 2.06. The SMILES string of the molecule is C=CCC1Cc2ccccc2CC1=O. The highest BCUT2D eigenvalue weighted by Gasteiger charge is 2.24. The summed E-state index contributed by atoms with van der Waals surface area (Å²) in [5.41, 5.74) is 2.54. The van der Waals surface area contributed by atoms with Crippen LogP contribution in [0.1, 0.15) is 17.5 Å². The van der Waals surface area contributed by atoms with E-state index in [4.69, 9.17) is 0 Å². The van der Waals surface area contributed by atoms with Crippen molar-refractivity contribution < 1.29 is 4.79 Å². The average Bonchev–Trinajstić information content (AvgIpc) is 2.19. The Kier molecular flexibility index (Phi) is 2.49. The number of fused-ring (bicyclic) bond motifs is 1. The van der Waals surface area contributed by atoms with Gasteiger partial charge in [-0.3, -0.25) is 4.79 Å². The van der Waals surface area contributed by atoms with E-state index in [1.807, 2.05) is 18.2 Å². The molecule has 0 amide bonds. The number of benzene rings is 1. The van der Waals surface area contributed by atoms with Crippen molar-refractivity contribution in [2.45, 2.75) is 19.3 Å². The van der Waals surface area contributed by atoms with E-state index >= 15 is 0 Å². The van der Waals surface area contributed by atoms with Gasteiger partial charge in [-0.15, -0.1) is 6.58 Å². The maximum Gasteiger partial charge on any atom is 0.140 e. The van der Waals surface area contributed by atoms with E-state index in [1.165, 1.54) is 11.1 Å². The third-order valence-electron chi connectivity index (χ3n) is 2.86. The Bertz CT molecular complexity index is 365. The van der Waals surface area contributed by atoms with Crippen molar-refractivity contribution in [3.05, 3.63) is 48.0 Å². The Balaban J connectivity index is 2.26. The first-order valence-electron chi connectivity index (χ1n) is 5.01. The maximum atomic E-state index is 11.7. The van der Waals surface area contributed by atoms with Gasteiger partial charge >= 0.3 is 0 Å². The van der Waals surface area contributed by atoms with Gasteiger partial charge in [-0.2, -0.15) is 0 Å². The number of hydrogen-bond acceptors (Lipinski definition) is 1. The summed E-state index contributed by atoms with van der Waals surface area (Å²) in [5.74, 6) is 0.533. The molecule has 0 heterocycles. The van der Waals surface area contributed by atoms with Crippen molar-refractivity contribution in [1.82, 2.24) is 0 Å². The summed E-state index contributed by atoms with van der Waals surface area (Å²) in [6.45, 7) is 3.69. The largest absolute Gasteiger partial charge is 0.299 e. The maximum absolute atomic E-state index is 11.7. The number of Topliss-reactive ketones (excluding diaryl/α,β-unsaturated/α-hetero) is 1. The summed E-state index contributed by atoms with van der Waals surface area (Å²) >= 11 is 0. The molecule has 0 aromatic heterocycles. The molecule has 14 heavy (non-hydrogen) atoms. The van der Waals surface area contributed by atoms with Gasteiger partial charge in [0.25, 0.3) is 0 Å². The molecule has 0 fully saturated rings. The highest BCUT2D eigenvalue weighted by atomic mass is 16.1. The molecule has 0 saturated heterocycles. The lowest BCUT2D eigenvalue weighted by molar-refractivity contribution is -0.122. The van der Waals surface area contributed by atoms with Gasteiger partial charge in [0, 0.05) is 12.3 Å². The molecule has 2 rings (SSSR count). The number of hydrogen-bond donors (Lipinski definition) is 0. The minimum absolute atomic E-state index is 0.169. The highest BCUT2D eigenvalue weighted by molar-refractivity contribution is 5.85. The molecular weight excluding hydrogens is 172 g/mol.